The number of benzene rings is 2. The molecule has 1 fully saturated rings. The van der Waals surface area contributed by atoms with E-state index in [0.717, 1.165) is 56.3 Å². The Morgan fingerprint density at radius 3 is 2.65 bits per heavy atom. The van der Waals surface area contributed by atoms with Crippen LogP contribution in [0, 0.1) is 0 Å². The predicted octanol–water partition coefficient (Wildman–Crippen LogP) is 3.95. The summed E-state index contributed by atoms with van der Waals surface area (Å²) in [6.45, 7) is 6.11. The molecule has 2 aromatic carbocycles. The number of morpholine rings is 1. The Morgan fingerprint density at radius 2 is 1.92 bits per heavy atom. The summed E-state index contributed by atoms with van der Waals surface area (Å²) in [5.41, 5.74) is 2.53. The van der Waals surface area contributed by atoms with Crippen LogP contribution in [0.1, 0.15) is 30.1 Å². The molecule has 3 rings (SSSR count). The molecule has 5 nitrogen and oxygen atoms in total. The molecule has 26 heavy (non-hydrogen) atoms. The van der Waals surface area contributed by atoms with Gasteiger partial charge in [0.05, 0.1) is 19.8 Å². The van der Waals surface area contributed by atoms with Crippen molar-refractivity contribution in [1.29, 1.82) is 0 Å². The monoisotopic (exact) mass is 354 g/mol. The molecule has 138 valence electrons. The number of carbonyl (C=O) groups is 1. The topological polar surface area (TPSA) is 50.8 Å². The predicted molar refractivity (Wildman–Crippen MR) is 104 cm³/mol. The normalized spacial score (nSPS) is 14.1. The zero-order valence-corrected chi connectivity index (χ0v) is 15.2. The van der Waals surface area contributed by atoms with Gasteiger partial charge in [-0.2, -0.15) is 0 Å². The van der Waals surface area contributed by atoms with Crippen LogP contribution in [-0.2, 0) is 4.74 Å². The molecular formula is C21H26N2O3. The molecule has 1 saturated heterocycles. The molecule has 5 heteroatoms. The van der Waals surface area contributed by atoms with Crippen molar-refractivity contribution >= 4 is 17.3 Å². The number of anilines is 2. The van der Waals surface area contributed by atoms with E-state index in [1.54, 1.807) is 12.1 Å². The van der Waals surface area contributed by atoms with Crippen LogP contribution in [0.25, 0.3) is 0 Å². The number of unbranched alkanes of at least 4 members (excludes halogenated alkanes) is 1. The van der Waals surface area contributed by atoms with Crippen molar-refractivity contribution < 1.29 is 14.3 Å². The minimum Gasteiger partial charge on any atom is -0.494 e. The van der Waals surface area contributed by atoms with Gasteiger partial charge in [-0.1, -0.05) is 19.4 Å². The summed E-state index contributed by atoms with van der Waals surface area (Å²) in [5.74, 6) is 0.596. The Hall–Kier alpha value is -2.53. The summed E-state index contributed by atoms with van der Waals surface area (Å²) < 4.78 is 11.1. The van der Waals surface area contributed by atoms with Gasteiger partial charge in [0.2, 0.25) is 0 Å². The Bertz CT molecular complexity index is 709. The lowest BCUT2D eigenvalue weighted by Crippen LogP contribution is -2.36. The number of amides is 1. The number of hydrogen-bond donors (Lipinski definition) is 1. The summed E-state index contributed by atoms with van der Waals surface area (Å²) in [6, 6.07) is 15.2. The smallest absolute Gasteiger partial charge is 0.255 e. The highest BCUT2D eigenvalue weighted by Gasteiger charge is 2.12. The largest absolute Gasteiger partial charge is 0.494 e. The number of rotatable bonds is 7. The van der Waals surface area contributed by atoms with E-state index in [-0.39, 0.29) is 5.91 Å². The number of ether oxygens (including phenoxy) is 2. The second-order valence-electron chi connectivity index (χ2n) is 6.33. The number of carbonyl (C=O) groups excluding carboxylic acids is 1. The average molecular weight is 354 g/mol. The highest BCUT2D eigenvalue weighted by Crippen LogP contribution is 2.20. The molecule has 0 saturated carbocycles. The minimum absolute atomic E-state index is 0.134. The summed E-state index contributed by atoms with van der Waals surface area (Å²) in [7, 11) is 0. The molecule has 0 bridgehead atoms. The van der Waals surface area contributed by atoms with Crippen molar-refractivity contribution in [1.82, 2.24) is 0 Å². The average Bonchev–Trinajstić information content (AvgIpc) is 2.70. The molecule has 1 heterocycles. The van der Waals surface area contributed by atoms with Crippen LogP contribution >= 0.6 is 0 Å². The molecule has 1 amide bonds. The van der Waals surface area contributed by atoms with Crippen molar-refractivity contribution in [3.63, 3.8) is 0 Å². The molecular weight excluding hydrogens is 328 g/mol. The van der Waals surface area contributed by atoms with Gasteiger partial charge in [0.25, 0.3) is 5.91 Å². The Labute approximate surface area is 154 Å². The molecule has 0 radical (unpaired) electrons. The molecule has 2 aromatic rings. The standard InChI is InChI=1S/C21H26N2O3/c1-2-3-13-26-20-6-4-5-17(16-20)21(24)22-18-7-9-19(10-8-18)23-11-14-25-15-12-23/h4-10,16H,2-3,11-15H2,1H3,(H,22,24). The van der Waals surface area contributed by atoms with E-state index in [1.807, 2.05) is 36.4 Å². The molecule has 0 aromatic heterocycles. The number of nitrogens with zero attached hydrogens (tertiary/aromatic N) is 1. The Morgan fingerprint density at radius 1 is 1.15 bits per heavy atom. The van der Waals surface area contributed by atoms with E-state index in [1.165, 1.54) is 0 Å². The van der Waals surface area contributed by atoms with Crippen LogP contribution in [0.3, 0.4) is 0 Å². The fraction of sp³-hybridized carbons (Fsp3) is 0.381. The first-order valence-electron chi connectivity index (χ1n) is 9.23. The summed E-state index contributed by atoms with van der Waals surface area (Å²) >= 11 is 0. The lowest BCUT2D eigenvalue weighted by Gasteiger charge is -2.28. The highest BCUT2D eigenvalue weighted by atomic mass is 16.5. The third-order valence-corrected chi connectivity index (χ3v) is 4.36. The molecule has 0 unspecified atom stereocenters. The van der Waals surface area contributed by atoms with Crippen LogP contribution in [-0.4, -0.2) is 38.8 Å². The summed E-state index contributed by atoms with van der Waals surface area (Å²) in [5, 5.41) is 2.95. The van der Waals surface area contributed by atoms with Crippen LogP contribution in [0.5, 0.6) is 5.75 Å². The van der Waals surface area contributed by atoms with Crippen molar-refractivity contribution in [2.24, 2.45) is 0 Å². The third-order valence-electron chi connectivity index (χ3n) is 4.36. The van der Waals surface area contributed by atoms with Gasteiger partial charge in [-0.05, 0) is 48.9 Å². The lowest BCUT2D eigenvalue weighted by molar-refractivity contribution is 0.102. The minimum atomic E-state index is -0.134. The molecule has 0 spiro atoms. The first kappa shape index (κ1) is 18.3. The second-order valence-corrected chi connectivity index (χ2v) is 6.33. The van der Waals surface area contributed by atoms with Gasteiger partial charge >= 0.3 is 0 Å². The quantitative estimate of drug-likeness (QED) is 0.765. The maximum absolute atomic E-state index is 12.5. The van der Waals surface area contributed by atoms with E-state index in [0.29, 0.717) is 12.2 Å². The third kappa shape index (κ3) is 4.99. The zero-order chi connectivity index (χ0) is 18.2. The first-order chi connectivity index (χ1) is 12.8. The van der Waals surface area contributed by atoms with E-state index in [2.05, 4.69) is 17.1 Å². The number of hydrogen-bond acceptors (Lipinski definition) is 4. The molecule has 0 atom stereocenters. The van der Waals surface area contributed by atoms with Crippen molar-refractivity contribution in [3.05, 3.63) is 54.1 Å². The Kier molecular flexibility index (Phi) is 6.50. The maximum atomic E-state index is 12.5. The van der Waals surface area contributed by atoms with Crippen LogP contribution in [0.2, 0.25) is 0 Å². The SMILES string of the molecule is CCCCOc1cccc(C(=O)Nc2ccc(N3CCOCC3)cc2)c1. The van der Waals surface area contributed by atoms with Crippen LogP contribution in [0.15, 0.2) is 48.5 Å². The van der Waals surface area contributed by atoms with Gasteiger partial charge in [-0.25, -0.2) is 0 Å². The zero-order valence-electron chi connectivity index (χ0n) is 15.2. The molecule has 1 N–H and O–H groups in total. The van der Waals surface area contributed by atoms with Gasteiger partial charge < -0.3 is 19.7 Å². The second kappa shape index (κ2) is 9.25. The van der Waals surface area contributed by atoms with Gasteiger partial charge in [0.15, 0.2) is 0 Å². The number of nitrogens with one attached hydrogen (secondary N) is 1. The van der Waals surface area contributed by atoms with E-state index < -0.39 is 0 Å². The van der Waals surface area contributed by atoms with E-state index >= 15 is 0 Å². The van der Waals surface area contributed by atoms with Crippen molar-refractivity contribution in [2.45, 2.75) is 19.8 Å². The lowest BCUT2D eigenvalue weighted by atomic mass is 10.2. The fourth-order valence-corrected chi connectivity index (χ4v) is 2.84. The van der Waals surface area contributed by atoms with Crippen molar-refractivity contribution in [3.8, 4) is 5.75 Å². The summed E-state index contributed by atoms with van der Waals surface area (Å²) in [6.07, 6.45) is 2.09. The van der Waals surface area contributed by atoms with E-state index in [9.17, 15) is 4.79 Å². The fourth-order valence-electron chi connectivity index (χ4n) is 2.84. The molecule has 1 aliphatic rings. The van der Waals surface area contributed by atoms with Crippen LogP contribution < -0.4 is 15.0 Å². The van der Waals surface area contributed by atoms with Gasteiger partial charge in [0.1, 0.15) is 5.75 Å². The van der Waals surface area contributed by atoms with Gasteiger partial charge in [-0.3, -0.25) is 4.79 Å². The van der Waals surface area contributed by atoms with Gasteiger partial charge in [0, 0.05) is 30.0 Å². The molecule has 0 aliphatic carbocycles. The van der Waals surface area contributed by atoms with Crippen LogP contribution in [0.4, 0.5) is 11.4 Å². The summed E-state index contributed by atoms with van der Waals surface area (Å²) in [4.78, 5) is 14.8. The molecule has 1 aliphatic heterocycles. The first-order valence-corrected chi connectivity index (χ1v) is 9.23. The maximum Gasteiger partial charge on any atom is 0.255 e. The van der Waals surface area contributed by atoms with Crippen molar-refractivity contribution in [2.75, 3.05) is 43.1 Å². The Balaban J connectivity index is 1.59. The highest BCUT2D eigenvalue weighted by molar-refractivity contribution is 6.04. The van der Waals surface area contributed by atoms with Gasteiger partial charge in [-0.15, -0.1) is 0 Å². The van der Waals surface area contributed by atoms with E-state index in [4.69, 9.17) is 9.47 Å².